The minimum absolute atomic E-state index is 0.173. The first-order valence-electron chi connectivity index (χ1n) is 8.16. The van der Waals surface area contributed by atoms with Gasteiger partial charge in [0, 0.05) is 11.3 Å². The number of urea groups is 1. The lowest BCUT2D eigenvalue weighted by Gasteiger charge is -2.31. The maximum atomic E-state index is 12.8. The Morgan fingerprint density at radius 1 is 1.04 bits per heavy atom. The molecule has 0 radical (unpaired) electrons. The predicted octanol–water partition coefficient (Wildman–Crippen LogP) is 3.24. The average Bonchev–Trinajstić information content (AvgIpc) is 2.58. The number of aromatic hydroxyl groups is 2. The molecule has 0 aliphatic rings. The van der Waals surface area contributed by atoms with Crippen LogP contribution in [0.5, 0.6) is 11.5 Å². The fourth-order valence-corrected chi connectivity index (χ4v) is 2.68. The van der Waals surface area contributed by atoms with Gasteiger partial charge in [-0.2, -0.15) is 0 Å². The van der Waals surface area contributed by atoms with Crippen LogP contribution < -0.4 is 5.32 Å². The molecule has 26 heavy (non-hydrogen) atoms. The normalized spacial score (nSPS) is 11.8. The molecule has 0 fully saturated rings. The van der Waals surface area contributed by atoms with Gasteiger partial charge in [0.15, 0.2) is 11.5 Å². The summed E-state index contributed by atoms with van der Waals surface area (Å²) in [5, 5.41) is 31.9. The lowest BCUT2D eigenvalue weighted by molar-refractivity contribution is -0.143. The Kier molecular flexibility index (Phi) is 6.06. The molecule has 4 N–H and O–H groups in total. The van der Waals surface area contributed by atoms with E-state index in [1.807, 2.05) is 0 Å². The second-order valence-corrected chi connectivity index (χ2v) is 6.24. The van der Waals surface area contributed by atoms with E-state index in [2.05, 4.69) is 5.32 Å². The highest BCUT2D eigenvalue weighted by atomic mass is 16.4. The Morgan fingerprint density at radius 3 is 2.27 bits per heavy atom. The summed E-state index contributed by atoms with van der Waals surface area (Å²) in [6, 6.07) is 11.3. The number of hydrogen-bond donors (Lipinski definition) is 4. The number of carbonyl (C=O) groups excluding carboxylic acids is 1. The summed E-state index contributed by atoms with van der Waals surface area (Å²) in [5.41, 5.74) is 0.774. The van der Waals surface area contributed by atoms with E-state index in [4.69, 9.17) is 0 Å². The number of nitrogens with one attached hydrogen (secondary N) is 1. The molecule has 2 aromatic rings. The first-order chi connectivity index (χ1) is 12.3. The molecule has 0 bridgehead atoms. The van der Waals surface area contributed by atoms with Gasteiger partial charge in [-0.15, -0.1) is 0 Å². The average molecular weight is 358 g/mol. The van der Waals surface area contributed by atoms with Crippen molar-refractivity contribution < 1.29 is 24.9 Å². The Balaban J connectivity index is 2.36. The molecule has 7 nitrogen and oxygen atoms in total. The van der Waals surface area contributed by atoms with Crippen LogP contribution in [0.4, 0.5) is 10.5 Å². The Bertz CT molecular complexity index is 777. The van der Waals surface area contributed by atoms with Crippen molar-refractivity contribution in [3.05, 3.63) is 54.1 Å². The van der Waals surface area contributed by atoms with Crippen LogP contribution in [0, 0.1) is 5.92 Å². The molecule has 0 unspecified atom stereocenters. The first kappa shape index (κ1) is 19.1. The zero-order valence-electron chi connectivity index (χ0n) is 14.6. The van der Waals surface area contributed by atoms with Crippen molar-refractivity contribution in [3.8, 4) is 11.5 Å². The summed E-state index contributed by atoms with van der Waals surface area (Å²) in [6.07, 6.45) is 0. The number of amides is 2. The Hall–Kier alpha value is -3.22. The largest absolute Gasteiger partial charge is 0.504 e. The maximum Gasteiger partial charge on any atom is 0.326 e. The zero-order valence-corrected chi connectivity index (χ0v) is 14.6. The zero-order chi connectivity index (χ0) is 19.3. The molecule has 1 atom stereocenters. The monoisotopic (exact) mass is 358 g/mol. The van der Waals surface area contributed by atoms with E-state index in [0.29, 0.717) is 5.69 Å². The quantitative estimate of drug-likeness (QED) is 0.593. The van der Waals surface area contributed by atoms with Crippen LogP contribution in [-0.2, 0) is 11.3 Å². The number of carboxylic acid groups (broad SMARTS) is 1. The molecular weight excluding hydrogens is 336 g/mol. The molecular formula is C19H22N2O5. The van der Waals surface area contributed by atoms with E-state index in [0.717, 1.165) is 4.90 Å². The number of carboxylic acids is 1. The first-order valence-corrected chi connectivity index (χ1v) is 8.16. The van der Waals surface area contributed by atoms with Crippen molar-refractivity contribution in [2.75, 3.05) is 5.32 Å². The van der Waals surface area contributed by atoms with Gasteiger partial charge in [-0.3, -0.25) is 0 Å². The SMILES string of the molecule is CC(C)[C@@H](C(=O)O)N(Cc1cccc(O)c1O)C(=O)Nc1ccccc1. The van der Waals surface area contributed by atoms with Crippen molar-refractivity contribution in [1.29, 1.82) is 0 Å². The van der Waals surface area contributed by atoms with Crippen LogP contribution in [0.3, 0.4) is 0 Å². The van der Waals surface area contributed by atoms with Crippen LogP contribution in [0.25, 0.3) is 0 Å². The van der Waals surface area contributed by atoms with Crippen LogP contribution >= 0.6 is 0 Å². The van der Waals surface area contributed by atoms with E-state index in [9.17, 15) is 24.9 Å². The number of phenols is 2. The highest BCUT2D eigenvalue weighted by Gasteiger charge is 2.33. The van der Waals surface area contributed by atoms with Gasteiger partial charge in [-0.25, -0.2) is 9.59 Å². The maximum absolute atomic E-state index is 12.8. The van der Waals surface area contributed by atoms with E-state index in [-0.39, 0.29) is 29.5 Å². The Morgan fingerprint density at radius 2 is 1.69 bits per heavy atom. The van der Waals surface area contributed by atoms with Gasteiger partial charge in [0.1, 0.15) is 6.04 Å². The van der Waals surface area contributed by atoms with Crippen molar-refractivity contribution >= 4 is 17.7 Å². The number of benzene rings is 2. The lowest BCUT2D eigenvalue weighted by atomic mass is 10.0. The Labute approximate surface area is 151 Å². The molecule has 0 saturated heterocycles. The molecule has 0 saturated carbocycles. The molecule has 138 valence electrons. The van der Waals surface area contributed by atoms with E-state index in [1.165, 1.54) is 18.2 Å². The van der Waals surface area contributed by atoms with Crippen LogP contribution in [0.15, 0.2) is 48.5 Å². The minimum Gasteiger partial charge on any atom is -0.504 e. The molecule has 0 aliphatic heterocycles. The van der Waals surface area contributed by atoms with Crippen molar-refractivity contribution in [1.82, 2.24) is 4.90 Å². The van der Waals surface area contributed by atoms with Crippen LogP contribution in [0.1, 0.15) is 19.4 Å². The summed E-state index contributed by atoms with van der Waals surface area (Å²) < 4.78 is 0. The third kappa shape index (κ3) is 4.44. The third-order valence-corrected chi connectivity index (χ3v) is 3.95. The number of para-hydroxylation sites is 2. The molecule has 2 amide bonds. The molecule has 7 heteroatoms. The topological polar surface area (TPSA) is 110 Å². The second-order valence-electron chi connectivity index (χ2n) is 6.24. The summed E-state index contributed by atoms with van der Waals surface area (Å²) in [6.45, 7) is 3.22. The number of phenolic OH excluding ortho intramolecular Hbond substituents is 2. The predicted molar refractivity (Wildman–Crippen MR) is 97.0 cm³/mol. The van der Waals surface area contributed by atoms with Gasteiger partial charge in [0.05, 0.1) is 6.54 Å². The summed E-state index contributed by atoms with van der Waals surface area (Å²) in [7, 11) is 0. The molecule has 0 aliphatic carbocycles. The van der Waals surface area contributed by atoms with E-state index in [1.54, 1.807) is 44.2 Å². The van der Waals surface area contributed by atoms with Crippen molar-refractivity contribution in [2.45, 2.75) is 26.4 Å². The molecule has 2 aromatic carbocycles. The smallest absolute Gasteiger partial charge is 0.326 e. The number of carbonyl (C=O) groups is 2. The number of nitrogens with zero attached hydrogens (tertiary/aromatic N) is 1. The van der Waals surface area contributed by atoms with Gasteiger partial charge in [-0.05, 0) is 24.1 Å². The number of anilines is 1. The van der Waals surface area contributed by atoms with Gasteiger partial charge in [0.25, 0.3) is 0 Å². The van der Waals surface area contributed by atoms with Gasteiger partial charge in [-0.1, -0.05) is 44.2 Å². The summed E-state index contributed by atoms with van der Waals surface area (Å²) >= 11 is 0. The van der Waals surface area contributed by atoms with Gasteiger partial charge < -0.3 is 25.5 Å². The van der Waals surface area contributed by atoms with Crippen molar-refractivity contribution in [3.63, 3.8) is 0 Å². The standard InChI is InChI=1S/C19H22N2O5/c1-12(2)16(18(24)25)21(11-13-7-6-10-15(22)17(13)23)19(26)20-14-8-4-3-5-9-14/h3-10,12,16,22-23H,11H2,1-2H3,(H,20,26)(H,24,25)/t16-/m0/s1. The molecule has 0 spiro atoms. The van der Waals surface area contributed by atoms with Gasteiger partial charge >= 0.3 is 12.0 Å². The lowest BCUT2D eigenvalue weighted by Crippen LogP contribution is -2.49. The molecule has 2 rings (SSSR count). The molecule has 0 heterocycles. The van der Waals surface area contributed by atoms with Crippen LogP contribution in [0.2, 0.25) is 0 Å². The van der Waals surface area contributed by atoms with E-state index < -0.39 is 18.0 Å². The highest BCUT2D eigenvalue weighted by molar-refractivity contribution is 5.92. The second kappa shape index (κ2) is 8.24. The number of aliphatic carboxylic acids is 1. The van der Waals surface area contributed by atoms with Crippen molar-refractivity contribution in [2.24, 2.45) is 5.92 Å². The summed E-state index contributed by atoms with van der Waals surface area (Å²) in [5.74, 6) is -2.23. The number of rotatable bonds is 6. The van der Waals surface area contributed by atoms with E-state index >= 15 is 0 Å². The van der Waals surface area contributed by atoms with Crippen LogP contribution in [-0.4, -0.2) is 38.3 Å². The minimum atomic E-state index is -1.15. The highest BCUT2D eigenvalue weighted by Crippen LogP contribution is 2.30. The number of hydrogen-bond acceptors (Lipinski definition) is 4. The summed E-state index contributed by atoms with van der Waals surface area (Å²) in [4.78, 5) is 25.7. The fourth-order valence-electron chi connectivity index (χ4n) is 2.68. The van der Waals surface area contributed by atoms with Gasteiger partial charge in [0.2, 0.25) is 0 Å². The third-order valence-electron chi connectivity index (χ3n) is 3.95. The molecule has 0 aromatic heterocycles. The fraction of sp³-hybridized carbons (Fsp3) is 0.263.